The van der Waals surface area contributed by atoms with Crippen molar-refractivity contribution in [1.82, 2.24) is 39.2 Å². The Morgan fingerprint density at radius 3 is 1.33 bits per heavy atom. The summed E-state index contributed by atoms with van der Waals surface area (Å²) in [7, 11) is 5.20. The summed E-state index contributed by atoms with van der Waals surface area (Å²) in [4.78, 5) is 83.8. The van der Waals surface area contributed by atoms with Gasteiger partial charge in [-0.25, -0.2) is 45.6 Å². The van der Waals surface area contributed by atoms with Crippen LogP contribution in [0.5, 0.6) is 0 Å². The molecule has 3 aromatic rings. The number of urea groups is 2. The molecule has 0 radical (unpaired) electrons. The van der Waals surface area contributed by atoms with Crippen molar-refractivity contribution in [2.24, 2.45) is 0 Å². The van der Waals surface area contributed by atoms with Crippen LogP contribution in [0.2, 0.25) is 0 Å². The zero-order valence-electron chi connectivity index (χ0n) is 61.0. The van der Waals surface area contributed by atoms with Crippen LogP contribution in [0, 0.1) is 17.5 Å². The van der Waals surface area contributed by atoms with Gasteiger partial charge in [0, 0.05) is 146 Å². The summed E-state index contributed by atoms with van der Waals surface area (Å²) in [6.07, 6.45) is 19.8. The van der Waals surface area contributed by atoms with E-state index >= 15 is 0 Å². The summed E-state index contributed by atoms with van der Waals surface area (Å²) in [5.74, 6) is -0.803. The first kappa shape index (κ1) is 73.3. The summed E-state index contributed by atoms with van der Waals surface area (Å²) >= 11 is 0. The third-order valence-electron chi connectivity index (χ3n) is 25.8. The van der Waals surface area contributed by atoms with E-state index < -0.39 is 10.0 Å². The quantitative estimate of drug-likeness (QED) is 0.145. The fourth-order valence-electron chi connectivity index (χ4n) is 19.9. The maximum absolute atomic E-state index is 14.3. The normalized spacial score (nSPS) is 27.7. The number of methoxy groups -OCH3 is 1. The molecule has 9 saturated heterocycles. The van der Waals surface area contributed by atoms with Crippen LogP contribution in [-0.4, -0.2) is 272 Å². The van der Waals surface area contributed by atoms with Crippen molar-refractivity contribution in [3.05, 3.63) is 88.7 Å². The number of benzene rings is 3. The van der Waals surface area contributed by atoms with Crippen LogP contribution in [-0.2, 0) is 50.0 Å². The van der Waals surface area contributed by atoms with Gasteiger partial charge in [0.05, 0.1) is 31.8 Å². The topological polar surface area (TPSA) is 201 Å². The van der Waals surface area contributed by atoms with E-state index in [9.17, 15) is 45.6 Å². The summed E-state index contributed by atoms with van der Waals surface area (Å²) in [5, 5.41) is 0. The average molecular weight is 1460 g/mol. The van der Waals surface area contributed by atoms with Gasteiger partial charge >= 0.3 is 30.3 Å². The fraction of sp³-hybridized carbons (Fsp3) is 0.697. The number of likely N-dealkylation sites (tertiary alicyclic amines) is 4. The van der Waals surface area contributed by atoms with Crippen molar-refractivity contribution in [3.8, 4) is 0 Å². The number of carbonyl (C=O) groups excluding carboxylic acids is 5. The molecule has 0 N–H and O–H groups in total. The number of amides is 7. The molecule has 7 amide bonds. The monoisotopic (exact) mass is 1460 g/mol. The second-order valence-corrected chi connectivity index (χ2v) is 34.1. The van der Waals surface area contributed by atoms with Crippen LogP contribution in [0.1, 0.15) is 147 Å². The van der Waals surface area contributed by atoms with E-state index in [4.69, 9.17) is 23.7 Å². The van der Waals surface area contributed by atoms with Crippen LogP contribution in [0.3, 0.4) is 0 Å². The van der Waals surface area contributed by atoms with Gasteiger partial charge in [-0.15, -0.1) is 0 Å². The minimum Gasteiger partial charge on any atom is -0.447 e. The molecule has 566 valence electrons. The molecule has 12 aliphatic heterocycles. The number of rotatable bonds is 9. The number of anilines is 3. The molecule has 3 spiro atoms. The SMILES string of the molecule is CN(C)C(=O)N1CC2(CCN(C3CCN(C(=O)O[C@H]4CCOC4)CC3)CC2)c2cc(F)ccc21.COCCOC(=O)N1C2CCC1CC(N1CCC3(CC1)CN(C(=O)N(C)C)c1ccc(F)cc13)C2.CS(=O)(=O)N1CC2(CCN(C3CC4CCC(C3)N4C(=O)OC3CCC3)CC2)c2cc(F)ccc21.[HH]. The lowest BCUT2D eigenvalue weighted by Gasteiger charge is -2.47. The molecular weight excluding hydrogens is 1350 g/mol. The van der Waals surface area contributed by atoms with Crippen LogP contribution >= 0.6 is 0 Å². The van der Waals surface area contributed by atoms with E-state index in [1.165, 1.54) is 28.8 Å². The minimum atomic E-state index is -3.42. The third kappa shape index (κ3) is 14.7. The van der Waals surface area contributed by atoms with Crippen molar-refractivity contribution in [2.45, 2.75) is 199 Å². The molecule has 13 aliphatic rings. The van der Waals surface area contributed by atoms with Gasteiger partial charge in [-0.05, 0) is 233 Å². The molecule has 1 saturated carbocycles. The highest BCUT2D eigenvalue weighted by Gasteiger charge is 2.54. The summed E-state index contributed by atoms with van der Waals surface area (Å²) in [6, 6.07) is 16.4. The average Bonchev–Trinajstić information content (AvgIpc) is 1.59. The summed E-state index contributed by atoms with van der Waals surface area (Å²) < 4.78 is 96.0. The number of carbonyl (C=O) groups is 5. The van der Waals surface area contributed by atoms with Crippen LogP contribution in [0.15, 0.2) is 54.6 Å². The van der Waals surface area contributed by atoms with E-state index in [1.54, 1.807) is 81.5 Å². The van der Waals surface area contributed by atoms with Crippen molar-refractivity contribution >= 4 is 57.4 Å². The van der Waals surface area contributed by atoms with E-state index in [0.29, 0.717) is 83.0 Å². The predicted molar refractivity (Wildman–Crippen MR) is 385 cm³/mol. The minimum absolute atomic E-state index is 0. The zero-order valence-corrected chi connectivity index (χ0v) is 61.8. The number of halogens is 3. The van der Waals surface area contributed by atoms with E-state index in [-0.39, 0.29) is 102 Å². The lowest BCUT2D eigenvalue weighted by atomic mass is 9.73. The van der Waals surface area contributed by atoms with Gasteiger partial charge in [-0.3, -0.25) is 14.1 Å². The summed E-state index contributed by atoms with van der Waals surface area (Å²) in [5.41, 5.74) is 4.36. The van der Waals surface area contributed by atoms with Crippen molar-refractivity contribution < 1.29 is 70.7 Å². The molecule has 23 nitrogen and oxygen atoms in total. The predicted octanol–water partition coefficient (Wildman–Crippen LogP) is 10.4. The van der Waals surface area contributed by atoms with Crippen LogP contribution < -0.4 is 14.1 Å². The van der Waals surface area contributed by atoms with Gasteiger partial charge in [-0.1, -0.05) is 0 Å². The highest BCUT2D eigenvalue weighted by molar-refractivity contribution is 7.92. The Kier molecular flexibility index (Phi) is 21.3. The smallest absolute Gasteiger partial charge is 0.410 e. The Labute approximate surface area is 606 Å². The molecule has 1 aliphatic carbocycles. The number of hydrogen-bond acceptors (Lipinski definition) is 15. The number of fused-ring (bicyclic) bond motifs is 10. The maximum atomic E-state index is 14.3. The Balaban J connectivity index is 0.000000138. The second-order valence-electron chi connectivity index (χ2n) is 32.2. The third-order valence-corrected chi connectivity index (χ3v) is 26.9. The van der Waals surface area contributed by atoms with Gasteiger partial charge in [-0.2, -0.15) is 0 Å². The number of sulfonamides is 1. The Morgan fingerprint density at radius 2 is 0.922 bits per heavy atom. The van der Waals surface area contributed by atoms with E-state index in [2.05, 4.69) is 14.7 Å². The molecule has 4 bridgehead atoms. The number of piperidine rings is 6. The Hall–Kier alpha value is -6.65. The molecule has 3 aromatic carbocycles. The maximum Gasteiger partial charge on any atom is 0.410 e. The van der Waals surface area contributed by atoms with Crippen LogP contribution in [0.4, 0.5) is 54.2 Å². The lowest BCUT2D eigenvalue weighted by Crippen LogP contribution is -2.56. The second kappa shape index (κ2) is 29.9. The first-order valence-electron chi connectivity index (χ1n) is 38.0. The molecule has 16 rings (SSSR count). The van der Waals surface area contributed by atoms with Gasteiger partial charge < -0.3 is 62.9 Å². The fourth-order valence-corrected chi connectivity index (χ4v) is 20.9. The molecule has 10 fully saturated rings. The van der Waals surface area contributed by atoms with Crippen molar-refractivity contribution in [2.75, 3.05) is 154 Å². The summed E-state index contributed by atoms with van der Waals surface area (Å²) in [6.45, 7) is 10.3. The highest BCUT2D eigenvalue weighted by Crippen LogP contribution is 2.53. The molecule has 103 heavy (non-hydrogen) atoms. The molecular formula is C76H108F3N11O12S. The zero-order chi connectivity index (χ0) is 72.3. The number of hydrogen-bond donors (Lipinski definition) is 0. The molecule has 5 atom stereocenters. The van der Waals surface area contributed by atoms with E-state index in [0.717, 1.165) is 196 Å². The molecule has 0 aromatic heterocycles. The first-order chi connectivity index (χ1) is 49.4. The lowest BCUT2D eigenvalue weighted by molar-refractivity contribution is -0.00575. The first-order valence-corrected chi connectivity index (χ1v) is 39.8. The Bertz CT molecular complexity index is 3700. The largest absolute Gasteiger partial charge is 0.447 e. The van der Waals surface area contributed by atoms with Crippen LogP contribution in [0.25, 0.3) is 0 Å². The Morgan fingerprint density at radius 1 is 0.505 bits per heavy atom. The van der Waals surface area contributed by atoms with Crippen molar-refractivity contribution in [3.63, 3.8) is 0 Å². The molecule has 27 heteroatoms. The van der Waals surface area contributed by atoms with Gasteiger partial charge in [0.2, 0.25) is 10.0 Å². The van der Waals surface area contributed by atoms with Crippen molar-refractivity contribution in [1.29, 1.82) is 0 Å². The van der Waals surface area contributed by atoms with Gasteiger partial charge in [0.15, 0.2) is 0 Å². The van der Waals surface area contributed by atoms with E-state index in [1.807, 2.05) is 24.5 Å². The molecule has 12 heterocycles. The number of nitrogens with zero attached hydrogens (tertiary/aromatic N) is 11. The van der Waals surface area contributed by atoms with Gasteiger partial charge in [0.1, 0.15) is 36.3 Å². The standard InChI is InChI=1S/C26H37FN4O4.C25H35FN4O4.C25H34FN3O4S.H2/c1-28(2)24(32)30-17-26(22-14-18(27)4-7-23(22)30)8-10-29(11-9-26)21-15-19-5-6-20(16-21)31(19)25(33)35-13-12-34-3;1-27(2)23(31)30-17-25(21-15-18(26)3-4-22(21)30)8-12-28(13-9-25)19-5-10-29(11-6-19)24(32)34-20-7-14-33-16-20;1-34(31,32)28-16-25(22-13-17(26)5-8-23(22)28)9-11-27(12-10-25)20-14-18-6-7-19(15-20)29(18)24(30)33-21-3-2-4-21;/h4,7,14,19-21H,5-6,8-13,15-17H2,1-3H3;3-4,15,19-20H,5-14,16-17H2,1-2H3;5,8,13,18-21H,2-4,6-7,9-12,14-16H2,1H3;1H/t;20-;;/m.0../s1. The highest BCUT2D eigenvalue weighted by atomic mass is 32.2. The molecule has 4 unspecified atom stereocenters. The number of ether oxygens (including phenoxy) is 5. The van der Waals surface area contributed by atoms with Gasteiger partial charge in [0.25, 0.3) is 0 Å².